The topological polar surface area (TPSA) is 76.7 Å². The van der Waals surface area contributed by atoms with Gasteiger partial charge in [0.1, 0.15) is 17.1 Å². The fourth-order valence-corrected chi connectivity index (χ4v) is 1.52. The van der Waals surface area contributed by atoms with Crippen molar-refractivity contribution >= 4 is 28.7 Å². The van der Waals surface area contributed by atoms with Crippen LogP contribution in [0.2, 0.25) is 0 Å². The molecule has 17 heavy (non-hydrogen) atoms. The van der Waals surface area contributed by atoms with Crippen molar-refractivity contribution in [3.63, 3.8) is 0 Å². The third kappa shape index (κ3) is 2.73. The van der Waals surface area contributed by atoms with E-state index in [0.717, 1.165) is 11.3 Å². The molecule has 0 atom stereocenters. The van der Waals surface area contributed by atoms with Gasteiger partial charge in [0.2, 0.25) is 0 Å². The molecule has 0 radical (unpaired) electrons. The standard InChI is InChI=1S/C11H11N5S/c1-7-2-8(4-13-3-7)16-11-9(10(12)17)5-14-6-15-11/h2-6H,1H3,(H2,12,17)(H,14,15,16). The van der Waals surface area contributed by atoms with Crippen molar-refractivity contribution in [2.75, 3.05) is 5.32 Å². The number of nitrogens with zero attached hydrogens (tertiary/aromatic N) is 3. The van der Waals surface area contributed by atoms with Gasteiger partial charge in [-0.2, -0.15) is 0 Å². The largest absolute Gasteiger partial charge is 0.389 e. The van der Waals surface area contributed by atoms with Gasteiger partial charge >= 0.3 is 0 Å². The number of hydrogen-bond donors (Lipinski definition) is 2. The average Bonchev–Trinajstić information content (AvgIpc) is 2.29. The van der Waals surface area contributed by atoms with Crippen molar-refractivity contribution in [2.45, 2.75) is 6.92 Å². The van der Waals surface area contributed by atoms with Crippen LogP contribution >= 0.6 is 12.2 Å². The zero-order valence-corrected chi connectivity index (χ0v) is 10.0. The van der Waals surface area contributed by atoms with E-state index in [0.29, 0.717) is 11.4 Å². The second kappa shape index (κ2) is 4.84. The molecule has 0 spiro atoms. The summed E-state index contributed by atoms with van der Waals surface area (Å²) in [7, 11) is 0. The molecule has 0 aliphatic heterocycles. The Morgan fingerprint density at radius 3 is 2.82 bits per heavy atom. The number of thiocarbonyl (C=S) groups is 1. The first-order valence-corrected chi connectivity index (χ1v) is 5.36. The van der Waals surface area contributed by atoms with Crippen LogP contribution in [0.3, 0.4) is 0 Å². The van der Waals surface area contributed by atoms with Crippen LogP contribution in [0.25, 0.3) is 0 Å². The number of anilines is 2. The van der Waals surface area contributed by atoms with E-state index in [-0.39, 0.29) is 4.99 Å². The molecule has 0 fully saturated rings. The number of rotatable bonds is 3. The third-order valence-electron chi connectivity index (χ3n) is 2.12. The van der Waals surface area contributed by atoms with E-state index < -0.39 is 0 Å². The highest BCUT2D eigenvalue weighted by Gasteiger charge is 2.06. The van der Waals surface area contributed by atoms with Gasteiger partial charge in [-0.15, -0.1) is 0 Å². The first kappa shape index (κ1) is 11.4. The van der Waals surface area contributed by atoms with Crippen molar-refractivity contribution < 1.29 is 0 Å². The third-order valence-corrected chi connectivity index (χ3v) is 2.34. The highest BCUT2D eigenvalue weighted by Crippen LogP contribution is 2.17. The number of nitrogens with one attached hydrogen (secondary N) is 1. The lowest BCUT2D eigenvalue weighted by Crippen LogP contribution is -2.13. The Balaban J connectivity index is 2.33. The van der Waals surface area contributed by atoms with Crippen LogP contribution in [0, 0.1) is 6.92 Å². The van der Waals surface area contributed by atoms with E-state index in [1.807, 2.05) is 13.0 Å². The van der Waals surface area contributed by atoms with Crippen molar-refractivity contribution in [3.05, 3.63) is 42.1 Å². The zero-order valence-electron chi connectivity index (χ0n) is 9.21. The number of aromatic nitrogens is 3. The average molecular weight is 245 g/mol. The van der Waals surface area contributed by atoms with Crippen LogP contribution in [0.5, 0.6) is 0 Å². The molecule has 0 saturated carbocycles. The molecule has 0 amide bonds. The Bertz CT molecular complexity index is 555. The Hall–Kier alpha value is -2.08. The van der Waals surface area contributed by atoms with Gasteiger partial charge in [0.05, 0.1) is 17.4 Å². The summed E-state index contributed by atoms with van der Waals surface area (Å²) >= 11 is 4.93. The fraction of sp³-hybridized carbons (Fsp3) is 0.0909. The van der Waals surface area contributed by atoms with Crippen molar-refractivity contribution in [1.29, 1.82) is 0 Å². The van der Waals surface area contributed by atoms with E-state index in [1.54, 1.807) is 18.6 Å². The zero-order chi connectivity index (χ0) is 12.3. The Labute approximate surface area is 104 Å². The fourth-order valence-electron chi connectivity index (χ4n) is 1.37. The lowest BCUT2D eigenvalue weighted by Gasteiger charge is -2.09. The van der Waals surface area contributed by atoms with Crippen LogP contribution in [-0.2, 0) is 0 Å². The van der Waals surface area contributed by atoms with Gasteiger partial charge in [0, 0.05) is 12.4 Å². The normalized spacial score (nSPS) is 9.94. The van der Waals surface area contributed by atoms with E-state index in [2.05, 4.69) is 20.3 Å². The van der Waals surface area contributed by atoms with E-state index in [4.69, 9.17) is 18.0 Å². The van der Waals surface area contributed by atoms with E-state index in [9.17, 15) is 0 Å². The Morgan fingerprint density at radius 1 is 1.29 bits per heavy atom. The molecule has 2 heterocycles. The highest BCUT2D eigenvalue weighted by atomic mass is 32.1. The number of pyridine rings is 1. The number of aryl methyl sites for hydroxylation is 1. The second-order valence-electron chi connectivity index (χ2n) is 3.53. The molecule has 5 nitrogen and oxygen atoms in total. The lowest BCUT2D eigenvalue weighted by atomic mass is 10.2. The molecule has 86 valence electrons. The van der Waals surface area contributed by atoms with E-state index in [1.165, 1.54) is 6.33 Å². The lowest BCUT2D eigenvalue weighted by molar-refractivity contribution is 1.15. The first-order valence-electron chi connectivity index (χ1n) is 4.95. The maximum absolute atomic E-state index is 5.59. The summed E-state index contributed by atoms with van der Waals surface area (Å²) in [4.78, 5) is 12.3. The first-order chi connectivity index (χ1) is 8.16. The van der Waals surface area contributed by atoms with Crippen molar-refractivity contribution in [2.24, 2.45) is 5.73 Å². The SMILES string of the molecule is Cc1cncc(Nc2ncncc2C(N)=S)c1. The van der Waals surface area contributed by atoms with Crippen LogP contribution in [-0.4, -0.2) is 19.9 Å². The molecule has 0 saturated heterocycles. The Morgan fingerprint density at radius 2 is 2.12 bits per heavy atom. The molecule has 3 N–H and O–H groups in total. The quantitative estimate of drug-likeness (QED) is 0.799. The van der Waals surface area contributed by atoms with Gasteiger partial charge in [-0.25, -0.2) is 9.97 Å². The van der Waals surface area contributed by atoms with Gasteiger partial charge in [-0.3, -0.25) is 4.98 Å². The van der Waals surface area contributed by atoms with E-state index >= 15 is 0 Å². The molecule has 6 heteroatoms. The molecular formula is C11H11N5S. The van der Waals surface area contributed by atoms with Gasteiger partial charge < -0.3 is 11.1 Å². The molecule has 0 aliphatic rings. The summed E-state index contributed by atoms with van der Waals surface area (Å²) in [6, 6.07) is 1.96. The summed E-state index contributed by atoms with van der Waals surface area (Å²) in [5, 5.41) is 3.11. The molecule has 2 aromatic rings. The molecule has 2 aromatic heterocycles. The summed E-state index contributed by atoms with van der Waals surface area (Å²) < 4.78 is 0. The Kier molecular flexibility index (Phi) is 3.24. The van der Waals surface area contributed by atoms with Crippen molar-refractivity contribution in [3.8, 4) is 0 Å². The molecule has 2 rings (SSSR count). The summed E-state index contributed by atoms with van der Waals surface area (Å²) in [5.41, 5.74) is 8.10. The minimum Gasteiger partial charge on any atom is -0.389 e. The van der Waals surface area contributed by atoms with Crippen LogP contribution in [0.4, 0.5) is 11.5 Å². The summed E-state index contributed by atoms with van der Waals surface area (Å²) in [6.07, 6.45) is 6.51. The summed E-state index contributed by atoms with van der Waals surface area (Å²) in [5.74, 6) is 0.583. The number of hydrogen-bond acceptors (Lipinski definition) is 5. The van der Waals surface area contributed by atoms with Crippen molar-refractivity contribution in [1.82, 2.24) is 15.0 Å². The second-order valence-corrected chi connectivity index (χ2v) is 3.97. The van der Waals surface area contributed by atoms with Crippen LogP contribution < -0.4 is 11.1 Å². The van der Waals surface area contributed by atoms with Gasteiger partial charge in [-0.05, 0) is 18.6 Å². The maximum Gasteiger partial charge on any atom is 0.144 e. The molecule has 0 aromatic carbocycles. The van der Waals surface area contributed by atoms with Crippen LogP contribution in [0.1, 0.15) is 11.1 Å². The van der Waals surface area contributed by atoms with Gasteiger partial charge in [0.25, 0.3) is 0 Å². The molecule has 0 unspecified atom stereocenters. The highest BCUT2D eigenvalue weighted by molar-refractivity contribution is 7.80. The molecular weight excluding hydrogens is 234 g/mol. The molecule has 0 aliphatic carbocycles. The smallest absolute Gasteiger partial charge is 0.144 e. The van der Waals surface area contributed by atoms with Gasteiger partial charge in [-0.1, -0.05) is 12.2 Å². The maximum atomic E-state index is 5.59. The van der Waals surface area contributed by atoms with Crippen LogP contribution in [0.15, 0.2) is 31.0 Å². The van der Waals surface area contributed by atoms with Gasteiger partial charge in [0.15, 0.2) is 0 Å². The predicted octanol–water partition coefficient (Wildman–Crippen LogP) is 1.56. The number of nitrogens with two attached hydrogens (primary N) is 1. The summed E-state index contributed by atoms with van der Waals surface area (Å²) in [6.45, 7) is 1.96. The minimum absolute atomic E-state index is 0.258. The predicted molar refractivity (Wildman–Crippen MR) is 70.2 cm³/mol. The minimum atomic E-state index is 0.258. The monoisotopic (exact) mass is 245 g/mol. The molecule has 0 bridgehead atoms.